The van der Waals surface area contributed by atoms with Gasteiger partial charge in [-0.2, -0.15) is 15.3 Å². The van der Waals surface area contributed by atoms with Crippen LogP contribution < -0.4 is 10.6 Å². The summed E-state index contributed by atoms with van der Waals surface area (Å²) >= 11 is 5.66. The normalized spacial score (nSPS) is 11.5. The first-order valence-corrected chi connectivity index (χ1v) is 11.5. The molecule has 0 atom stereocenters. The molecular formula is C22H21ClF4N8O3. The molecule has 0 spiro atoms. The molecule has 4 aromatic heterocycles. The number of carbonyl (C=O) groups excluding carboxylic acids is 2. The molecule has 11 nitrogen and oxygen atoms in total. The van der Waals surface area contributed by atoms with Gasteiger partial charge in [-0.05, 0) is 26.0 Å². The Bertz CT molecular complexity index is 1490. The van der Waals surface area contributed by atoms with Crippen molar-refractivity contribution in [2.24, 2.45) is 7.05 Å². The van der Waals surface area contributed by atoms with Gasteiger partial charge in [-0.25, -0.2) is 17.6 Å². The summed E-state index contributed by atoms with van der Waals surface area (Å²) in [7, 11) is 1.72. The van der Waals surface area contributed by atoms with Crippen LogP contribution in [-0.2, 0) is 20.1 Å². The Labute approximate surface area is 217 Å². The summed E-state index contributed by atoms with van der Waals surface area (Å²) < 4.78 is 62.0. The van der Waals surface area contributed by atoms with Gasteiger partial charge in [-0.3, -0.25) is 23.6 Å². The van der Waals surface area contributed by atoms with Crippen molar-refractivity contribution in [3.05, 3.63) is 63.8 Å². The number of halogens is 5. The average Bonchev–Trinajstić information content (AvgIpc) is 3.63. The number of rotatable bonds is 9. The molecule has 2 amide bonds. The lowest BCUT2D eigenvalue weighted by Crippen LogP contribution is -2.21. The summed E-state index contributed by atoms with van der Waals surface area (Å²) in [4.78, 5) is 25.8. The molecular weight excluding hydrogens is 536 g/mol. The maximum atomic E-state index is 13.4. The Hall–Kier alpha value is -4.14. The number of anilines is 2. The highest BCUT2D eigenvalue weighted by Gasteiger charge is 2.29. The van der Waals surface area contributed by atoms with E-state index in [4.69, 9.17) is 16.0 Å². The zero-order valence-corrected chi connectivity index (χ0v) is 20.9. The van der Waals surface area contributed by atoms with E-state index in [2.05, 4.69) is 25.9 Å². The minimum atomic E-state index is -3.17. The molecule has 0 aliphatic rings. The lowest BCUT2D eigenvalue weighted by molar-refractivity contribution is 0.0994. The van der Waals surface area contributed by atoms with Crippen LogP contribution in [0.1, 0.15) is 63.7 Å². The van der Waals surface area contributed by atoms with Crippen molar-refractivity contribution in [2.75, 3.05) is 10.6 Å². The van der Waals surface area contributed by atoms with E-state index in [9.17, 15) is 27.2 Å². The number of hydrogen-bond acceptors (Lipinski definition) is 6. The number of amides is 2. The molecule has 4 rings (SSSR count). The average molecular weight is 557 g/mol. The van der Waals surface area contributed by atoms with Crippen LogP contribution in [-0.4, -0.2) is 41.2 Å². The fraction of sp³-hybridized carbons (Fsp3) is 0.318. The highest BCUT2D eigenvalue weighted by Crippen LogP contribution is 2.35. The summed E-state index contributed by atoms with van der Waals surface area (Å²) in [6.07, 6.45) is -3.55. The number of hydrogen-bond donors (Lipinski definition) is 2. The van der Waals surface area contributed by atoms with Crippen molar-refractivity contribution in [1.29, 1.82) is 0 Å². The van der Waals surface area contributed by atoms with Crippen LogP contribution in [0.4, 0.5) is 28.9 Å². The SMILES string of the molecule is CCn1ncc(NC(=O)c2ccc(Cn3nc(C(F)F)c(Cl)c3C(F)F)o2)c1C(=O)Nc1cnn(C)c1C. The monoisotopic (exact) mass is 556 g/mol. The Morgan fingerprint density at radius 1 is 1.03 bits per heavy atom. The molecule has 38 heavy (non-hydrogen) atoms. The largest absolute Gasteiger partial charge is 0.454 e. The zero-order valence-electron chi connectivity index (χ0n) is 20.2. The summed E-state index contributed by atoms with van der Waals surface area (Å²) in [5.41, 5.74) is -0.519. The summed E-state index contributed by atoms with van der Waals surface area (Å²) in [6, 6.07) is 2.56. The quantitative estimate of drug-likeness (QED) is 0.285. The molecule has 0 aromatic carbocycles. The summed E-state index contributed by atoms with van der Waals surface area (Å²) in [5, 5.41) is 16.1. The van der Waals surface area contributed by atoms with Crippen LogP contribution in [0.15, 0.2) is 28.9 Å². The van der Waals surface area contributed by atoms with Crippen molar-refractivity contribution < 1.29 is 31.6 Å². The van der Waals surface area contributed by atoms with Crippen LogP contribution in [0.2, 0.25) is 5.02 Å². The first-order chi connectivity index (χ1) is 18.0. The van der Waals surface area contributed by atoms with Gasteiger partial charge in [-0.1, -0.05) is 11.6 Å². The lowest BCUT2D eigenvalue weighted by Gasteiger charge is -2.09. The van der Waals surface area contributed by atoms with Gasteiger partial charge in [0.1, 0.15) is 22.8 Å². The van der Waals surface area contributed by atoms with Gasteiger partial charge in [0.15, 0.2) is 5.76 Å². The van der Waals surface area contributed by atoms with Gasteiger partial charge >= 0.3 is 0 Å². The van der Waals surface area contributed by atoms with Gasteiger partial charge in [0.25, 0.3) is 24.7 Å². The van der Waals surface area contributed by atoms with Crippen LogP contribution in [0.25, 0.3) is 0 Å². The van der Waals surface area contributed by atoms with Crippen LogP contribution in [0, 0.1) is 6.92 Å². The second-order valence-electron chi connectivity index (χ2n) is 8.01. The second kappa shape index (κ2) is 10.7. The Kier molecular flexibility index (Phi) is 7.57. The minimum Gasteiger partial charge on any atom is -0.454 e. The van der Waals surface area contributed by atoms with E-state index in [1.807, 2.05) is 0 Å². The number of aromatic nitrogens is 6. The minimum absolute atomic E-state index is 0.0219. The third-order valence-electron chi connectivity index (χ3n) is 5.65. The maximum absolute atomic E-state index is 13.4. The van der Waals surface area contributed by atoms with E-state index in [-0.39, 0.29) is 22.9 Å². The highest BCUT2D eigenvalue weighted by atomic mass is 35.5. The number of alkyl halides is 4. The van der Waals surface area contributed by atoms with Crippen LogP contribution in [0.3, 0.4) is 0 Å². The fourth-order valence-corrected chi connectivity index (χ4v) is 3.92. The second-order valence-corrected chi connectivity index (χ2v) is 8.39. The van der Waals surface area contributed by atoms with Crippen molar-refractivity contribution in [1.82, 2.24) is 29.3 Å². The lowest BCUT2D eigenvalue weighted by atomic mass is 10.3. The molecule has 0 bridgehead atoms. The molecule has 0 saturated carbocycles. The predicted molar refractivity (Wildman–Crippen MR) is 127 cm³/mol. The molecule has 2 N–H and O–H groups in total. The van der Waals surface area contributed by atoms with Crippen molar-refractivity contribution in [2.45, 2.75) is 39.8 Å². The third kappa shape index (κ3) is 5.14. The predicted octanol–water partition coefficient (Wildman–Crippen LogP) is 4.82. The summed E-state index contributed by atoms with van der Waals surface area (Å²) in [6.45, 7) is 3.38. The molecule has 4 aromatic rings. The van der Waals surface area contributed by atoms with Gasteiger partial charge in [0.2, 0.25) is 0 Å². The number of nitrogens with zero attached hydrogens (tertiary/aromatic N) is 6. The zero-order chi connectivity index (χ0) is 27.7. The fourth-order valence-electron chi connectivity index (χ4n) is 3.62. The summed E-state index contributed by atoms with van der Waals surface area (Å²) in [5.74, 6) is -1.56. The molecule has 0 saturated heterocycles. The Balaban J connectivity index is 1.53. The smallest absolute Gasteiger partial charge is 0.291 e. The topological polar surface area (TPSA) is 125 Å². The standard InChI is InChI=1S/C22H21ClF4N8O3/c1-4-34-17(22(37)30-12-7-28-33(3)10(12)2)13(8-29-34)31-21(36)14-6-5-11(38-14)9-35-18(20(26)27)15(23)16(32-35)19(24)25/h5-8,19-20H,4,9H2,1-3H3,(H,30,37)(H,31,36). The van der Waals surface area contributed by atoms with E-state index in [0.29, 0.717) is 22.6 Å². The maximum Gasteiger partial charge on any atom is 0.291 e. The van der Waals surface area contributed by atoms with Crippen molar-refractivity contribution in [3.63, 3.8) is 0 Å². The van der Waals surface area contributed by atoms with Gasteiger partial charge in [0.05, 0.1) is 41.0 Å². The molecule has 0 aliphatic carbocycles. The first-order valence-electron chi connectivity index (χ1n) is 11.1. The van der Waals surface area contributed by atoms with Crippen molar-refractivity contribution in [3.8, 4) is 0 Å². The molecule has 0 fully saturated rings. The molecule has 16 heteroatoms. The van der Waals surface area contributed by atoms with E-state index in [1.54, 1.807) is 25.6 Å². The third-order valence-corrected chi connectivity index (χ3v) is 6.03. The number of furan rings is 1. The highest BCUT2D eigenvalue weighted by molar-refractivity contribution is 6.32. The molecule has 0 radical (unpaired) electrons. The van der Waals surface area contributed by atoms with E-state index >= 15 is 0 Å². The Morgan fingerprint density at radius 3 is 2.32 bits per heavy atom. The van der Waals surface area contributed by atoms with Crippen LogP contribution >= 0.6 is 11.6 Å². The van der Waals surface area contributed by atoms with E-state index in [0.717, 1.165) is 0 Å². The number of carbonyl (C=O) groups is 2. The molecule has 4 heterocycles. The molecule has 0 aliphatic heterocycles. The van der Waals surface area contributed by atoms with Gasteiger partial charge < -0.3 is 15.1 Å². The van der Waals surface area contributed by atoms with Crippen LogP contribution in [0.5, 0.6) is 0 Å². The number of aryl methyl sites for hydroxylation is 2. The Morgan fingerprint density at radius 2 is 1.71 bits per heavy atom. The molecule has 202 valence electrons. The van der Waals surface area contributed by atoms with Gasteiger partial charge in [-0.15, -0.1) is 0 Å². The molecule has 0 unspecified atom stereocenters. The van der Waals surface area contributed by atoms with E-state index in [1.165, 1.54) is 29.2 Å². The van der Waals surface area contributed by atoms with Crippen molar-refractivity contribution >= 4 is 34.8 Å². The number of nitrogens with one attached hydrogen (secondary N) is 2. The first kappa shape index (κ1) is 26.9. The van der Waals surface area contributed by atoms with E-state index < -0.39 is 47.6 Å². The van der Waals surface area contributed by atoms with Gasteiger partial charge in [0, 0.05) is 13.6 Å².